The third kappa shape index (κ3) is 3.29. The van der Waals surface area contributed by atoms with Crippen LogP contribution in [0.1, 0.15) is 15.9 Å². The van der Waals surface area contributed by atoms with E-state index in [9.17, 15) is 13.6 Å². The maximum Gasteiger partial charge on any atom is 0.255 e. The molecule has 0 aliphatic carbocycles. The van der Waals surface area contributed by atoms with E-state index in [4.69, 9.17) is 11.6 Å². The van der Waals surface area contributed by atoms with E-state index < -0.39 is 17.5 Å². The zero-order valence-corrected chi connectivity index (χ0v) is 10.8. The molecule has 0 atom stereocenters. The van der Waals surface area contributed by atoms with Crippen LogP contribution >= 0.6 is 11.6 Å². The molecule has 2 rings (SSSR count). The molecule has 0 radical (unpaired) electrons. The maximum atomic E-state index is 13.0. The first-order chi connectivity index (χ1) is 8.95. The number of carbonyl (C=O) groups is 1. The van der Waals surface area contributed by atoms with Crippen LogP contribution in [0.4, 0.5) is 14.5 Å². The summed E-state index contributed by atoms with van der Waals surface area (Å²) in [6.07, 6.45) is 0. The first kappa shape index (κ1) is 13.5. The van der Waals surface area contributed by atoms with Gasteiger partial charge in [-0.3, -0.25) is 4.79 Å². The van der Waals surface area contributed by atoms with E-state index in [2.05, 4.69) is 5.32 Å². The lowest BCUT2D eigenvalue weighted by Crippen LogP contribution is -2.12. The Morgan fingerprint density at radius 2 is 1.74 bits per heavy atom. The van der Waals surface area contributed by atoms with Crippen molar-refractivity contribution < 1.29 is 13.6 Å². The smallest absolute Gasteiger partial charge is 0.255 e. The molecule has 1 N–H and O–H groups in total. The highest BCUT2D eigenvalue weighted by Crippen LogP contribution is 2.23. The summed E-state index contributed by atoms with van der Waals surface area (Å²) in [7, 11) is 0. The minimum atomic E-state index is -0.805. The van der Waals surface area contributed by atoms with Gasteiger partial charge in [-0.1, -0.05) is 17.7 Å². The molecule has 0 saturated heterocycles. The standard InChI is InChI=1S/C14H10ClF2NO/c1-8-2-3-13(12(15)4-8)18-14(19)9-5-10(16)7-11(17)6-9/h2-7H,1H3,(H,18,19). The molecule has 98 valence electrons. The molecule has 2 aromatic rings. The monoisotopic (exact) mass is 281 g/mol. The molecule has 0 aliphatic rings. The zero-order chi connectivity index (χ0) is 14.0. The maximum absolute atomic E-state index is 13.0. The molecule has 1 amide bonds. The van der Waals surface area contributed by atoms with Crippen molar-refractivity contribution in [3.8, 4) is 0 Å². The number of hydrogen-bond donors (Lipinski definition) is 1. The molecular formula is C14H10ClF2NO. The van der Waals surface area contributed by atoms with E-state index in [1.165, 1.54) is 0 Å². The predicted molar refractivity (Wildman–Crippen MR) is 70.5 cm³/mol. The quantitative estimate of drug-likeness (QED) is 0.879. The average molecular weight is 282 g/mol. The van der Waals surface area contributed by atoms with Crippen molar-refractivity contribution in [2.45, 2.75) is 6.92 Å². The lowest BCUT2D eigenvalue weighted by atomic mass is 10.2. The molecule has 2 aromatic carbocycles. The van der Waals surface area contributed by atoms with E-state index in [1.54, 1.807) is 18.2 Å². The number of halogens is 3. The Balaban J connectivity index is 2.25. The minimum absolute atomic E-state index is 0.103. The van der Waals surface area contributed by atoms with Crippen molar-refractivity contribution in [3.63, 3.8) is 0 Å². The molecule has 0 aromatic heterocycles. The summed E-state index contributed by atoms with van der Waals surface area (Å²) in [5.41, 5.74) is 1.23. The normalized spacial score (nSPS) is 10.3. The van der Waals surface area contributed by atoms with Gasteiger partial charge in [0, 0.05) is 11.6 Å². The predicted octanol–water partition coefficient (Wildman–Crippen LogP) is 4.18. The topological polar surface area (TPSA) is 29.1 Å². The number of nitrogens with one attached hydrogen (secondary N) is 1. The van der Waals surface area contributed by atoms with Crippen molar-refractivity contribution in [2.24, 2.45) is 0 Å². The van der Waals surface area contributed by atoms with Gasteiger partial charge in [-0.25, -0.2) is 8.78 Å². The van der Waals surface area contributed by atoms with E-state index in [1.807, 2.05) is 6.92 Å². The Labute approximate surface area is 114 Å². The Hall–Kier alpha value is -1.94. The molecule has 0 spiro atoms. The highest BCUT2D eigenvalue weighted by molar-refractivity contribution is 6.34. The largest absolute Gasteiger partial charge is 0.321 e. The van der Waals surface area contributed by atoms with Gasteiger partial charge in [-0.2, -0.15) is 0 Å². The fourth-order valence-electron chi connectivity index (χ4n) is 1.60. The lowest BCUT2D eigenvalue weighted by Gasteiger charge is -2.08. The van der Waals surface area contributed by atoms with Crippen LogP contribution in [0.5, 0.6) is 0 Å². The second-order valence-electron chi connectivity index (χ2n) is 4.10. The van der Waals surface area contributed by atoms with Crippen molar-refractivity contribution >= 4 is 23.2 Å². The average Bonchev–Trinajstić information content (AvgIpc) is 2.31. The number of rotatable bonds is 2. The Bertz CT molecular complexity index is 623. The van der Waals surface area contributed by atoms with Gasteiger partial charge in [-0.15, -0.1) is 0 Å². The van der Waals surface area contributed by atoms with Gasteiger partial charge in [0.25, 0.3) is 5.91 Å². The number of aryl methyl sites for hydroxylation is 1. The van der Waals surface area contributed by atoms with E-state index in [0.717, 1.165) is 17.7 Å². The highest BCUT2D eigenvalue weighted by atomic mass is 35.5. The molecule has 19 heavy (non-hydrogen) atoms. The van der Waals surface area contributed by atoms with Gasteiger partial charge >= 0.3 is 0 Å². The van der Waals surface area contributed by atoms with Crippen LogP contribution < -0.4 is 5.32 Å². The van der Waals surface area contributed by atoms with Crippen LogP contribution in [0.3, 0.4) is 0 Å². The second kappa shape index (κ2) is 5.36. The summed E-state index contributed by atoms with van der Waals surface area (Å²) >= 11 is 5.96. The number of benzene rings is 2. The van der Waals surface area contributed by atoms with Crippen LogP contribution in [0.2, 0.25) is 5.02 Å². The summed E-state index contributed by atoms with van der Waals surface area (Å²) in [5.74, 6) is -2.23. The SMILES string of the molecule is Cc1ccc(NC(=O)c2cc(F)cc(F)c2)c(Cl)c1. The molecule has 0 heterocycles. The third-order valence-corrected chi connectivity index (χ3v) is 2.81. The summed E-state index contributed by atoms with van der Waals surface area (Å²) in [6.45, 7) is 1.86. The van der Waals surface area contributed by atoms with Crippen molar-refractivity contribution in [1.82, 2.24) is 0 Å². The van der Waals surface area contributed by atoms with Gasteiger partial charge in [0.2, 0.25) is 0 Å². The van der Waals surface area contributed by atoms with Gasteiger partial charge in [-0.05, 0) is 36.8 Å². The van der Waals surface area contributed by atoms with Crippen LogP contribution in [-0.4, -0.2) is 5.91 Å². The van der Waals surface area contributed by atoms with Crippen molar-refractivity contribution in [1.29, 1.82) is 0 Å². The molecule has 0 saturated carbocycles. The fourth-order valence-corrected chi connectivity index (χ4v) is 1.88. The minimum Gasteiger partial charge on any atom is -0.321 e. The Morgan fingerprint density at radius 3 is 2.32 bits per heavy atom. The van der Waals surface area contributed by atoms with Crippen LogP contribution in [0, 0.1) is 18.6 Å². The number of hydrogen-bond acceptors (Lipinski definition) is 1. The summed E-state index contributed by atoms with van der Waals surface area (Å²) in [5, 5.41) is 2.87. The zero-order valence-electron chi connectivity index (χ0n) is 10.0. The highest BCUT2D eigenvalue weighted by Gasteiger charge is 2.11. The molecule has 0 aliphatic heterocycles. The van der Waals surface area contributed by atoms with Crippen molar-refractivity contribution in [3.05, 3.63) is 64.2 Å². The molecule has 2 nitrogen and oxygen atoms in total. The molecule has 0 fully saturated rings. The van der Waals surface area contributed by atoms with Crippen LogP contribution in [0.15, 0.2) is 36.4 Å². The van der Waals surface area contributed by atoms with Gasteiger partial charge < -0.3 is 5.32 Å². The molecular weight excluding hydrogens is 272 g/mol. The molecule has 5 heteroatoms. The van der Waals surface area contributed by atoms with E-state index >= 15 is 0 Å². The van der Waals surface area contributed by atoms with Gasteiger partial charge in [0.1, 0.15) is 11.6 Å². The van der Waals surface area contributed by atoms with Crippen LogP contribution in [-0.2, 0) is 0 Å². The lowest BCUT2D eigenvalue weighted by molar-refractivity contribution is 0.102. The Kier molecular flexibility index (Phi) is 3.81. The third-order valence-electron chi connectivity index (χ3n) is 2.50. The number of anilines is 1. The Morgan fingerprint density at radius 1 is 1.11 bits per heavy atom. The van der Waals surface area contributed by atoms with Crippen LogP contribution in [0.25, 0.3) is 0 Å². The van der Waals surface area contributed by atoms with E-state index in [0.29, 0.717) is 16.8 Å². The summed E-state index contributed by atoms with van der Waals surface area (Å²) in [6, 6.07) is 7.71. The van der Waals surface area contributed by atoms with E-state index in [-0.39, 0.29) is 5.56 Å². The first-order valence-electron chi connectivity index (χ1n) is 5.49. The number of carbonyl (C=O) groups excluding carboxylic acids is 1. The molecule has 0 unspecified atom stereocenters. The van der Waals surface area contributed by atoms with Gasteiger partial charge in [0.15, 0.2) is 0 Å². The number of amides is 1. The summed E-state index contributed by atoms with van der Waals surface area (Å²) in [4.78, 5) is 11.9. The van der Waals surface area contributed by atoms with Gasteiger partial charge in [0.05, 0.1) is 10.7 Å². The van der Waals surface area contributed by atoms with Crippen molar-refractivity contribution in [2.75, 3.05) is 5.32 Å². The fraction of sp³-hybridized carbons (Fsp3) is 0.0714. The molecule has 0 bridgehead atoms. The second-order valence-corrected chi connectivity index (χ2v) is 4.50. The summed E-state index contributed by atoms with van der Waals surface area (Å²) < 4.78 is 26.0. The first-order valence-corrected chi connectivity index (χ1v) is 5.87.